The molecule has 3 N–H and O–H groups in total. The van der Waals surface area contributed by atoms with Crippen LogP contribution in [0.4, 0.5) is 0 Å². The average Bonchev–Trinajstić information content (AvgIpc) is 2.31. The molecular weight excluding hydrogens is 184 g/mol. The number of nitrogens with one attached hydrogen (secondary N) is 1. The van der Waals surface area contributed by atoms with E-state index in [4.69, 9.17) is 5.73 Å². The monoisotopic (exact) mass is 204 g/mol. The van der Waals surface area contributed by atoms with Crippen molar-refractivity contribution in [3.05, 3.63) is 48.6 Å². The van der Waals surface area contributed by atoms with Crippen LogP contribution in [0.5, 0.6) is 0 Å². The fourth-order valence-corrected chi connectivity index (χ4v) is 1.69. The second-order valence-corrected chi connectivity index (χ2v) is 3.74. The molecular formula is C13H20N2. The number of hydrogen-bond donors (Lipinski definition) is 2. The van der Waals surface area contributed by atoms with Gasteiger partial charge in [-0.05, 0) is 11.5 Å². The maximum atomic E-state index is 5.76. The lowest BCUT2D eigenvalue weighted by Gasteiger charge is -2.23. The van der Waals surface area contributed by atoms with Crippen LogP contribution < -0.4 is 11.1 Å². The minimum absolute atomic E-state index is 0.311. The van der Waals surface area contributed by atoms with Crippen molar-refractivity contribution in [1.29, 1.82) is 0 Å². The number of rotatable bonds is 6. The Morgan fingerprint density at radius 3 is 2.60 bits per heavy atom. The normalized spacial score (nSPS) is 14.5. The van der Waals surface area contributed by atoms with Crippen molar-refractivity contribution in [2.45, 2.75) is 18.9 Å². The topological polar surface area (TPSA) is 38.0 Å². The molecule has 0 amide bonds. The summed E-state index contributed by atoms with van der Waals surface area (Å²) in [6.45, 7) is 7.34. The van der Waals surface area contributed by atoms with Crippen LogP contribution in [0.2, 0.25) is 0 Å². The molecule has 0 spiro atoms. The van der Waals surface area contributed by atoms with E-state index in [0.717, 1.165) is 6.54 Å². The van der Waals surface area contributed by atoms with Crippen LogP contribution >= 0.6 is 0 Å². The summed E-state index contributed by atoms with van der Waals surface area (Å²) in [5.74, 6) is 0.427. The van der Waals surface area contributed by atoms with Crippen LogP contribution in [0, 0.1) is 0 Å². The van der Waals surface area contributed by atoms with E-state index >= 15 is 0 Å². The smallest absolute Gasteiger partial charge is 0.0259 e. The van der Waals surface area contributed by atoms with Crippen LogP contribution in [-0.2, 0) is 0 Å². The van der Waals surface area contributed by atoms with E-state index in [1.165, 1.54) is 5.56 Å². The van der Waals surface area contributed by atoms with Gasteiger partial charge in [-0.3, -0.25) is 0 Å². The lowest BCUT2D eigenvalue weighted by molar-refractivity contribution is 0.478. The molecule has 0 saturated heterocycles. The fraction of sp³-hybridized carbons (Fsp3) is 0.385. The third-order valence-electron chi connectivity index (χ3n) is 2.71. The summed E-state index contributed by atoms with van der Waals surface area (Å²) in [6.07, 6.45) is 1.86. The Balaban J connectivity index is 2.64. The minimum atomic E-state index is 0.311. The predicted molar refractivity (Wildman–Crippen MR) is 65.9 cm³/mol. The van der Waals surface area contributed by atoms with Crippen LogP contribution in [0.1, 0.15) is 18.4 Å². The second kappa shape index (κ2) is 6.38. The highest BCUT2D eigenvalue weighted by molar-refractivity contribution is 5.20. The van der Waals surface area contributed by atoms with Gasteiger partial charge in [-0.2, -0.15) is 0 Å². The van der Waals surface area contributed by atoms with Crippen molar-refractivity contribution >= 4 is 0 Å². The van der Waals surface area contributed by atoms with Crippen molar-refractivity contribution in [3.8, 4) is 0 Å². The zero-order valence-electron chi connectivity index (χ0n) is 9.32. The Hall–Kier alpha value is -1.12. The fourth-order valence-electron chi connectivity index (χ4n) is 1.69. The molecule has 15 heavy (non-hydrogen) atoms. The largest absolute Gasteiger partial charge is 0.329 e. The number of hydrogen-bond acceptors (Lipinski definition) is 2. The van der Waals surface area contributed by atoms with Gasteiger partial charge in [0.05, 0.1) is 0 Å². The highest BCUT2D eigenvalue weighted by atomic mass is 14.9. The molecule has 0 bridgehead atoms. The molecule has 82 valence electrons. The van der Waals surface area contributed by atoms with E-state index in [1.54, 1.807) is 0 Å². The molecule has 2 nitrogen and oxygen atoms in total. The molecule has 1 rings (SSSR count). The van der Waals surface area contributed by atoms with Crippen molar-refractivity contribution in [1.82, 2.24) is 5.32 Å². The predicted octanol–water partition coefficient (Wildman–Crippen LogP) is 1.89. The molecule has 0 aliphatic rings. The van der Waals surface area contributed by atoms with Gasteiger partial charge < -0.3 is 11.1 Å². The molecule has 0 saturated carbocycles. The molecule has 0 heterocycles. The van der Waals surface area contributed by atoms with E-state index in [1.807, 2.05) is 12.1 Å². The SMILES string of the molecule is C=CCNC(CN)C(C)c1ccccc1. The first-order chi connectivity index (χ1) is 7.29. The second-order valence-electron chi connectivity index (χ2n) is 3.74. The molecule has 2 unspecified atom stereocenters. The van der Waals surface area contributed by atoms with Gasteiger partial charge in [0.1, 0.15) is 0 Å². The lowest BCUT2D eigenvalue weighted by atomic mass is 9.93. The van der Waals surface area contributed by atoms with Gasteiger partial charge in [0.15, 0.2) is 0 Å². The number of benzene rings is 1. The van der Waals surface area contributed by atoms with Crippen LogP contribution in [0.3, 0.4) is 0 Å². The summed E-state index contributed by atoms with van der Waals surface area (Å²) in [5, 5.41) is 3.37. The summed E-state index contributed by atoms with van der Waals surface area (Å²) >= 11 is 0. The molecule has 0 aromatic heterocycles. The zero-order chi connectivity index (χ0) is 11.1. The van der Waals surface area contributed by atoms with Crippen LogP contribution in [0.15, 0.2) is 43.0 Å². The molecule has 0 fully saturated rings. The van der Waals surface area contributed by atoms with E-state index < -0.39 is 0 Å². The highest BCUT2D eigenvalue weighted by Crippen LogP contribution is 2.17. The summed E-state index contributed by atoms with van der Waals surface area (Å²) in [6, 6.07) is 10.8. The van der Waals surface area contributed by atoms with Crippen molar-refractivity contribution in [2.24, 2.45) is 5.73 Å². The van der Waals surface area contributed by atoms with Crippen LogP contribution in [0.25, 0.3) is 0 Å². The van der Waals surface area contributed by atoms with E-state index in [2.05, 4.69) is 43.1 Å². The first-order valence-electron chi connectivity index (χ1n) is 5.39. The maximum Gasteiger partial charge on any atom is 0.0259 e. The summed E-state index contributed by atoms with van der Waals surface area (Å²) in [4.78, 5) is 0. The van der Waals surface area contributed by atoms with Crippen molar-refractivity contribution < 1.29 is 0 Å². The number of nitrogens with two attached hydrogens (primary N) is 1. The Morgan fingerprint density at radius 1 is 1.40 bits per heavy atom. The van der Waals surface area contributed by atoms with Gasteiger partial charge in [-0.15, -0.1) is 6.58 Å². The molecule has 2 atom stereocenters. The summed E-state index contributed by atoms with van der Waals surface area (Å²) in [5.41, 5.74) is 7.08. The van der Waals surface area contributed by atoms with Gasteiger partial charge in [0.2, 0.25) is 0 Å². The van der Waals surface area contributed by atoms with E-state index in [-0.39, 0.29) is 0 Å². The molecule has 0 aliphatic heterocycles. The van der Waals surface area contributed by atoms with E-state index in [0.29, 0.717) is 18.5 Å². The summed E-state index contributed by atoms with van der Waals surface area (Å²) < 4.78 is 0. The van der Waals surface area contributed by atoms with Crippen LogP contribution in [-0.4, -0.2) is 19.1 Å². The zero-order valence-corrected chi connectivity index (χ0v) is 9.32. The third kappa shape index (κ3) is 3.50. The molecule has 2 heteroatoms. The van der Waals surface area contributed by atoms with Gasteiger partial charge in [0.25, 0.3) is 0 Å². The third-order valence-corrected chi connectivity index (χ3v) is 2.71. The van der Waals surface area contributed by atoms with E-state index in [9.17, 15) is 0 Å². The Morgan fingerprint density at radius 2 is 2.07 bits per heavy atom. The minimum Gasteiger partial charge on any atom is -0.329 e. The Kier molecular flexibility index (Phi) is 5.08. The van der Waals surface area contributed by atoms with Gasteiger partial charge in [0, 0.05) is 19.1 Å². The Labute approximate surface area is 92.2 Å². The Bertz CT molecular complexity index is 282. The quantitative estimate of drug-likeness (QED) is 0.694. The molecule has 0 aliphatic carbocycles. The standard InChI is InChI=1S/C13H20N2/c1-3-9-15-13(10-14)11(2)12-7-5-4-6-8-12/h3-8,11,13,15H,1,9-10,14H2,2H3. The first-order valence-corrected chi connectivity index (χ1v) is 5.39. The van der Waals surface area contributed by atoms with Gasteiger partial charge in [-0.1, -0.05) is 43.3 Å². The first kappa shape index (κ1) is 12.0. The van der Waals surface area contributed by atoms with Crippen molar-refractivity contribution in [3.63, 3.8) is 0 Å². The van der Waals surface area contributed by atoms with Gasteiger partial charge >= 0.3 is 0 Å². The molecule has 1 aromatic carbocycles. The molecule has 1 aromatic rings. The maximum absolute atomic E-state index is 5.76. The summed E-state index contributed by atoms with van der Waals surface area (Å²) in [7, 11) is 0. The van der Waals surface area contributed by atoms with Gasteiger partial charge in [-0.25, -0.2) is 0 Å². The van der Waals surface area contributed by atoms with Crippen molar-refractivity contribution in [2.75, 3.05) is 13.1 Å². The molecule has 0 radical (unpaired) electrons. The highest BCUT2D eigenvalue weighted by Gasteiger charge is 2.15. The average molecular weight is 204 g/mol. The lowest BCUT2D eigenvalue weighted by Crippen LogP contribution is -2.40.